The van der Waals surface area contributed by atoms with Gasteiger partial charge in [0.25, 0.3) is 0 Å². The summed E-state index contributed by atoms with van der Waals surface area (Å²) in [6, 6.07) is 12.4. The molecule has 0 bridgehead atoms. The smallest absolute Gasteiger partial charge is 0.411 e. The molecule has 26 heavy (non-hydrogen) atoms. The molecule has 1 atom stereocenters. The van der Waals surface area contributed by atoms with Crippen LogP contribution in [0.4, 0.5) is 4.79 Å². The van der Waals surface area contributed by atoms with Gasteiger partial charge in [0.05, 0.1) is 6.54 Å². The zero-order chi connectivity index (χ0) is 17.6. The highest BCUT2D eigenvalue weighted by atomic mass is 16.6. The Labute approximate surface area is 153 Å². The Kier molecular flexibility index (Phi) is 3.49. The number of fused-ring (bicyclic) bond motifs is 2. The third-order valence-corrected chi connectivity index (χ3v) is 5.51. The molecule has 2 aromatic rings. The van der Waals surface area contributed by atoms with E-state index in [2.05, 4.69) is 22.9 Å². The third kappa shape index (κ3) is 2.64. The molecule has 1 aromatic carbocycles. The molecular weight excluding hydrogens is 324 g/mol. The molecule has 1 saturated heterocycles. The topological polar surface area (TPSA) is 42.4 Å². The Morgan fingerprint density at radius 2 is 1.96 bits per heavy atom. The molecule has 1 aliphatic heterocycles. The van der Waals surface area contributed by atoms with E-state index in [0.717, 1.165) is 54.5 Å². The van der Waals surface area contributed by atoms with Crippen molar-refractivity contribution < 1.29 is 9.53 Å². The minimum absolute atomic E-state index is 0.166. The summed E-state index contributed by atoms with van der Waals surface area (Å²) in [6.45, 7) is 0.654. The summed E-state index contributed by atoms with van der Waals surface area (Å²) in [5.41, 5.74) is 3.42. The van der Waals surface area contributed by atoms with Crippen LogP contribution in [0.25, 0.3) is 0 Å². The van der Waals surface area contributed by atoms with Crippen molar-refractivity contribution in [2.45, 2.75) is 43.7 Å². The number of aromatic nitrogens is 1. The lowest BCUT2D eigenvalue weighted by molar-refractivity contribution is 0.0389. The molecule has 1 spiro atoms. The summed E-state index contributed by atoms with van der Waals surface area (Å²) < 4.78 is 5.95. The molecule has 4 nitrogen and oxygen atoms in total. The zero-order valence-corrected chi connectivity index (χ0v) is 14.6. The highest BCUT2D eigenvalue weighted by molar-refractivity contribution is 5.72. The highest BCUT2D eigenvalue weighted by Crippen LogP contribution is 2.45. The third-order valence-electron chi connectivity index (χ3n) is 5.51. The lowest BCUT2D eigenvalue weighted by Gasteiger charge is -2.33. The van der Waals surface area contributed by atoms with Crippen LogP contribution in [0.5, 0.6) is 0 Å². The number of hydrogen-bond donors (Lipinski definition) is 0. The van der Waals surface area contributed by atoms with Crippen molar-refractivity contribution in [2.24, 2.45) is 0 Å². The van der Waals surface area contributed by atoms with Gasteiger partial charge in [-0.3, -0.25) is 4.98 Å². The lowest BCUT2D eigenvalue weighted by atomic mass is 9.81. The minimum Gasteiger partial charge on any atom is -0.436 e. The molecule has 2 fully saturated rings. The second kappa shape index (κ2) is 5.88. The van der Waals surface area contributed by atoms with E-state index in [9.17, 15) is 4.79 Å². The van der Waals surface area contributed by atoms with Crippen LogP contribution in [-0.4, -0.2) is 28.6 Å². The molecule has 0 radical (unpaired) electrons. The molecule has 130 valence electrons. The predicted molar refractivity (Wildman–Crippen MR) is 97.5 cm³/mol. The second-order valence-corrected chi connectivity index (χ2v) is 7.41. The van der Waals surface area contributed by atoms with E-state index in [0.29, 0.717) is 12.6 Å². The van der Waals surface area contributed by atoms with Gasteiger partial charge in [0.15, 0.2) is 5.60 Å². The maximum absolute atomic E-state index is 12.4. The molecule has 2 aliphatic carbocycles. The number of hydrogen-bond acceptors (Lipinski definition) is 3. The number of nitrogens with zero attached hydrogens (tertiary/aromatic N) is 2. The standard InChI is InChI=1S/C22H20N2O2/c25-21-24(18-10-11-18)15-22(26-21)12-4-7-20-19(22)13-17(14-23-20)9-8-16-5-2-1-3-6-16/h1-3,5-6,13-14,18H,4,7,10-12,15H2. The van der Waals surface area contributed by atoms with E-state index in [1.807, 2.05) is 41.4 Å². The van der Waals surface area contributed by atoms with Crippen LogP contribution in [0.15, 0.2) is 42.6 Å². The van der Waals surface area contributed by atoms with Crippen molar-refractivity contribution in [3.63, 3.8) is 0 Å². The van der Waals surface area contributed by atoms with Crippen molar-refractivity contribution in [1.29, 1.82) is 0 Å². The molecule has 2 heterocycles. The van der Waals surface area contributed by atoms with Gasteiger partial charge < -0.3 is 9.64 Å². The Morgan fingerprint density at radius 3 is 2.77 bits per heavy atom. The largest absolute Gasteiger partial charge is 0.436 e. The highest BCUT2D eigenvalue weighted by Gasteiger charge is 2.52. The molecule has 1 aromatic heterocycles. The molecule has 3 aliphatic rings. The fourth-order valence-electron chi connectivity index (χ4n) is 4.03. The molecule has 5 rings (SSSR count). The normalized spacial score (nSPS) is 24.0. The van der Waals surface area contributed by atoms with Crippen LogP contribution >= 0.6 is 0 Å². The molecule has 4 heteroatoms. The van der Waals surface area contributed by atoms with Gasteiger partial charge in [-0.2, -0.15) is 0 Å². The van der Waals surface area contributed by atoms with E-state index in [4.69, 9.17) is 4.74 Å². The van der Waals surface area contributed by atoms with Crippen LogP contribution in [0, 0.1) is 11.8 Å². The Hall–Kier alpha value is -2.80. The lowest BCUT2D eigenvalue weighted by Crippen LogP contribution is -2.36. The first-order chi connectivity index (χ1) is 12.7. The fraction of sp³-hybridized carbons (Fsp3) is 0.364. The molecule has 0 N–H and O–H groups in total. The average Bonchev–Trinajstić information content (AvgIpc) is 3.46. The summed E-state index contributed by atoms with van der Waals surface area (Å²) in [6.07, 6.45) is 6.67. The van der Waals surface area contributed by atoms with E-state index in [1.54, 1.807) is 0 Å². The van der Waals surface area contributed by atoms with Crippen LogP contribution < -0.4 is 0 Å². The molecule has 1 amide bonds. The van der Waals surface area contributed by atoms with Gasteiger partial charge in [0.1, 0.15) is 0 Å². The number of pyridine rings is 1. The summed E-state index contributed by atoms with van der Waals surface area (Å²) in [5.74, 6) is 6.39. The predicted octanol–water partition coefficient (Wildman–Crippen LogP) is 3.63. The van der Waals surface area contributed by atoms with E-state index in [1.165, 1.54) is 0 Å². The maximum atomic E-state index is 12.4. The van der Waals surface area contributed by atoms with Crippen LogP contribution in [-0.2, 0) is 16.8 Å². The van der Waals surface area contributed by atoms with Crippen LogP contribution in [0.2, 0.25) is 0 Å². The number of carbonyl (C=O) groups excluding carboxylic acids is 1. The summed E-state index contributed by atoms with van der Waals surface area (Å²) >= 11 is 0. The van der Waals surface area contributed by atoms with Crippen molar-refractivity contribution >= 4 is 6.09 Å². The molecule has 1 unspecified atom stereocenters. The van der Waals surface area contributed by atoms with Crippen molar-refractivity contribution in [3.05, 3.63) is 65.0 Å². The number of carbonyl (C=O) groups is 1. The zero-order valence-electron chi connectivity index (χ0n) is 14.6. The average molecular weight is 344 g/mol. The number of ether oxygens (including phenoxy) is 1. The Balaban J connectivity index is 1.50. The van der Waals surface area contributed by atoms with Crippen molar-refractivity contribution in [1.82, 2.24) is 9.88 Å². The number of amides is 1. The number of aryl methyl sites for hydroxylation is 1. The number of benzene rings is 1. The van der Waals surface area contributed by atoms with Gasteiger partial charge in [-0.15, -0.1) is 0 Å². The molecule has 1 saturated carbocycles. The first-order valence-electron chi connectivity index (χ1n) is 9.30. The summed E-state index contributed by atoms with van der Waals surface area (Å²) in [5, 5.41) is 0. The maximum Gasteiger partial charge on any atom is 0.411 e. The minimum atomic E-state index is -0.537. The monoisotopic (exact) mass is 344 g/mol. The Bertz CT molecular complexity index is 924. The first kappa shape index (κ1) is 15.5. The number of rotatable bonds is 1. The van der Waals surface area contributed by atoms with E-state index < -0.39 is 5.60 Å². The quantitative estimate of drug-likeness (QED) is 0.742. The van der Waals surface area contributed by atoms with E-state index >= 15 is 0 Å². The van der Waals surface area contributed by atoms with Gasteiger partial charge in [0.2, 0.25) is 0 Å². The second-order valence-electron chi connectivity index (χ2n) is 7.41. The SMILES string of the molecule is O=C1OC2(CCCc3ncc(C#Cc4ccccc4)cc32)CN1C1CC1. The Morgan fingerprint density at radius 1 is 1.15 bits per heavy atom. The summed E-state index contributed by atoms with van der Waals surface area (Å²) in [7, 11) is 0. The van der Waals surface area contributed by atoms with Crippen molar-refractivity contribution in [3.8, 4) is 11.8 Å². The molecular formula is C22H20N2O2. The van der Waals surface area contributed by atoms with Gasteiger partial charge in [0, 0.05) is 34.6 Å². The van der Waals surface area contributed by atoms with Crippen LogP contribution in [0.1, 0.15) is 48.1 Å². The fourth-order valence-corrected chi connectivity index (χ4v) is 4.03. The van der Waals surface area contributed by atoms with Crippen molar-refractivity contribution in [2.75, 3.05) is 6.54 Å². The van der Waals surface area contributed by atoms with Gasteiger partial charge in [-0.1, -0.05) is 30.0 Å². The van der Waals surface area contributed by atoms with Gasteiger partial charge in [-0.05, 0) is 50.3 Å². The summed E-state index contributed by atoms with van der Waals surface area (Å²) in [4.78, 5) is 19.0. The van der Waals surface area contributed by atoms with E-state index in [-0.39, 0.29) is 6.09 Å². The van der Waals surface area contributed by atoms with Gasteiger partial charge in [-0.25, -0.2) is 4.79 Å². The first-order valence-corrected chi connectivity index (χ1v) is 9.30. The van der Waals surface area contributed by atoms with Crippen LogP contribution in [0.3, 0.4) is 0 Å². The van der Waals surface area contributed by atoms with Gasteiger partial charge >= 0.3 is 6.09 Å².